The highest BCUT2D eigenvalue weighted by Gasteiger charge is 2.35. The summed E-state index contributed by atoms with van der Waals surface area (Å²) in [5, 5.41) is 24.7. The van der Waals surface area contributed by atoms with E-state index >= 15 is 0 Å². The van der Waals surface area contributed by atoms with Crippen molar-refractivity contribution in [3.8, 4) is 11.1 Å². The number of nitrogens with one attached hydrogen (secondary N) is 1. The van der Waals surface area contributed by atoms with E-state index in [9.17, 15) is 51.3 Å². The van der Waals surface area contributed by atoms with E-state index in [2.05, 4.69) is 15.4 Å². The van der Waals surface area contributed by atoms with Crippen molar-refractivity contribution in [3.05, 3.63) is 76.1 Å². The molecule has 3 N–H and O–H groups in total. The highest BCUT2D eigenvalue weighted by molar-refractivity contribution is 8.00. The van der Waals surface area contributed by atoms with E-state index in [1.807, 2.05) is 0 Å². The first kappa shape index (κ1) is 38.8. The molecule has 0 bridgehead atoms. The summed E-state index contributed by atoms with van der Waals surface area (Å²) in [6.45, 7) is 0.109. The Morgan fingerprint density at radius 1 is 1.06 bits per heavy atom. The number of ether oxygens (including phenoxy) is 1. The number of benzene rings is 2. The first-order valence-corrected chi connectivity index (χ1v) is 16.5. The van der Waals surface area contributed by atoms with Crippen LogP contribution < -0.4 is 9.62 Å². The van der Waals surface area contributed by atoms with Crippen LogP contribution in [0.25, 0.3) is 22.0 Å². The molecule has 0 aliphatic carbocycles. The number of hydrogen-bond acceptors (Lipinski definition) is 8. The van der Waals surface area contributed by atoms with Gasteiger partial charge < -0.3 is 20.3 Å². The predicted molar refractivity (Wildman–Crippen MR) is 176 cm³/mol. The van der Waals surface area contributed by atoms with Crippen LogP contribution in [0.1, 0.15) is 42.8 Å². The van der Waals surface area contributed by atoms with Gasteiger partial charge in [-0.2, -0.15) is 22.6 Å². The molecule has 0 saturated carbocycles. The number of carboxylic acid groups (broad SMARTS) is 2. The lowest BCUT2D eigenvalue weighted by atomic mass is 9.93. The van der Waals surface area contributed by atoms with Crippen molar-refractivity contribution >= 4 is 64.7 Å². The number of pyridine rings is 1. The summed E-state index contributed by atoms with van der Waals surface area (Å²) in [6.07, 6.45) is -7.68. The number of carbonyl (C=O) groups excluding carboxylic acids is 2. The molecular weight excluding hydrogens is 729 g/mol. The number of aliphatic carboxylic acids is 2. The minimum absolute atomic E-state index is 0.0646. The second-order valence-corrected chi connectivity index (χ2v) is 12.1. The summed E-state index contributed by atoms with van der Waals surface area (Å²) in [5.41, 5.74) is 0.798. The lowest BCUT2D eigenvalue weighted by Gasteiger charge is -2.22. The molecular formula is C32H29ClF5N5O7S. The molecule has 0 saturated heterocycles. The summed E-state index contributed by atoms with van der Waals surface area (Å²) in [4.78, 5) is 52.4. The molecule has 2 aromatic heterocycles. The number of aryl methyl sites for hydroxylation is 1. The van der Waals surface area contributed by atoms with Crippen LogP contribution in [-0.4, -0.2) is 68.0 Å². The first-order valence-electron chi connectivity index (χ1n) is 14.9. The van der Waals surface area contributed by atoms with E-state index in [1.54, 1.807) is 19.1 Å². The second kappa shape index (κ2) is 16.4. The fraction of sp³-hybridized carbons (Fsp3) is 0.312. The minimum Gasteiger partial charge on any atom is -0.481 e. The predicted octanol–water partition coefficient (Wildman–Crippen LogP) is 6.72. The third-order valence-electron chi connectivity index (χ3n) is 7.36. The zero-order valence-electron chi connectivity index (χ0n) is 26.7. The average Bonchev–Trinajstić information content (AvgIpc) is 3.38. The van der Waals surface area contributed by atoms with E-state index in [4.69, 9.17) is 16.3 Å². The lowest BCUT2D eigenvalue weighted by Crippen LogP contribution is -2.32. The zero-order chi connectivity index (χ0) is 37.6. The number of carbonyl (C=O) groups is 4. The van der Waals surface area contributed by atoms with Gasteiger partial charge in [-0.1, -0.05) is 30.7 Å². The molecule has 4 aromatic rings. The van der Waals surface area contributed by atoms with Gasteiger partial charge in [-0.25, -0.2) is 13.6 Å². The fourth-order valence-electron chi connectivity index (χ4n) is 5.38. The summed E-state index contributed by atoms with van der Waals surface area (Å²) in [7, 11) is 0. The summed E-state index contributed by atoms with van der Waals surface area (Å²) < 4.78 is 76.8. The molecule has 0 aliphatic heterocycles. The van der Waals surface area contributed by atoms with Crippen molar-refractivity contribution in [2.45, 2.75) is 57.5 Å². The number of fused-ring (bicyclic) bond motifs is 1. The quantitative estimate of drug-likeness (QED) is 0.0674. The largest absolute Gasteiger partial charge is 0.481 e. The van der Waals surface area contributed by atoms with Gasteiger partial charge in [0.15, 0.2) is 5.82 Å². The van der Waals surface area contributed by atoms with Crippen molar-refractivity contribution < 1.29 is 56.1 Å². The number of hydrogen-bond donors (Lipinski definition) is 3. The molecule has 0 spiro atoms. The van der Waals surface area contributed by atoms with Crippen molar-refractivity contribution in [1.82, 2.24) is 20.1 Å². The number of alkyl halides is 3. The summed E-state index contributed by atoms with van der Waals surface area (Å²) in [6, 6.07) is 7.59. The summed E-state index contributed by atoms with van der Waals surface area (Å²) in [5.74, 6) is -5.13. The lowest BCUT2D eigenvalue weighted by molar-refractivity contribution is -0.143. The Kier molecular flexibility index (Phi) is 12.5. The third kappa shape index (κ3) is 9.63. The van der Waals surface area contributed by atoms with Crippen LogP contribution in [0.15, 0.2) is 42.5 Å². The molecule has 51 heavy (non-hydrogen) atoms. The van der Waals surface area contributed by atoms with E-state index in [-0.39, 0.29) is 44.7 Å². The Morgan fingerprint density at radius 3 is 2.24 bits per heavy atom. The van der Waals surface area contributed by atoms with Crippen LogP contribution in [0.4, 0.5) is 32.6 Å². The van der Waals surface area contributed by atoms with Crippen molar-refractivity contribution in [2.24, 2.45) is 0 Å². The van der Waals surface area contributed by atoms with E-state index in [0.717, 1.165) is 12.1 Å². The molecule has 1 unspecified atom stereocenters. The molecule has 1 atom stereocenters. The number of rotatable bonds is 15. The Hall–Kier alpha value is -4.97. The smallest absolute Gasteiger partial charge is 0.426 e. The number of aromatic nitrogens is 3. The number of amides is 2. The van der Waals surface area contributed by atoms with Gasteiger partial charge in [0.25, 0.3) is 0 Å². The van der Waals surface area contributed by atoms with Gasteiger partial charge in [0.1, 0.15) is 24.3 Å². The molecule has 19 heteroatoms. The van der Waals surface area contributed by atoms with E-state index < -0.39 is 73.2 Å². The minimum atomic E-state index is -4.86. The fourth-order valence-corrected chi connectivity index (χ4v) is 6.11. The number of anilines is 1. The topological polar surface area (TPSA) is 164 Å². The SMILES string of the molecule is CCc1ccc(-c2ccc(Cl)c3c(N(SC)C(=O)OC(CC(=O)O)CC(=O)O)nn(CC(F)(F)F)c23)c(C(Cc2cc(F)cc(F)c2)NC=O)n1. The first-order chi connectivity index (χ1) is 24.0. The van der Waals surface area contributed by atoms with Gasteiger partial charge in [0, 0.05) is 29.1 Å². The average molecular weight is 758 g/mol. The number of nitrogens with zero attached hydrogens (tertiary/aromatic N) is 4. The molecule has 4 rings (SSSR count). The maximum absolute atomic E-state index is 14.1. The van der Waals surface area contributed by atoms with Gasteiger partial charge in [-0.3, -0.25) is 24.0 Å². The zero-order valence-corrected chi connectivity index (χ0v) is 28.3. The molecule has 12 nitrogen and oxygen atoms in total. The Bertz CT molecular complexity index is 1930. The maximum atomic E-state index is 14.1. The Morgan fingerprint density at radius 2 is 1.69 bits per heavy atom. The highest BCUT2D eigenvalue weighted by atomic mass is 35.5. The van der Waals surface area contributed by atoms with Crippen molar-refractivity contribution in [1.29, 1.82) is 0 Å². The van der Waals surface area contributed by atoms with Gasteiger partial charge >= 0.3 is 24.2 Å². The van der Waals surface area contributed by atoms with Crippen LogP contribution in [-0.2, 0) is 38.5 Å². The molecule has 2 aromatic carbocycles. The van der Waals surface area contributed by atoms with Crippen molar-refractivity contribution in [3.63, 3.8) is 0 Å². The molecule has 0 fully saturated rings. The molecule has 2 amide bonds. The molecule has 0 radical (unpaired) electrons. The van der Waals surface area contributed by atoms with Gasteiger partial charge in [-0.05, 0) is 54.6 Å². The number of carboxylic acids is 2. The second-order valence-electron chi connectivity index (χ2n) is 11.0. The monoisotopic (exact) mass is 757 g/mol. The van der Waals surface area contributed by atoms with Crippen LogP contribution in [0.2, 0.25) is 5.02 Å². The summed E-state index contributed by atoms with van der Waals surface area (Å²) >= 11 is 7.18. The normalized spacial score (nSPS) is 12.2. The third-order valence-corrected chi connectivity index (χ3v) is 8.36. The molecule has 0 aliphatic rings. The highest BCUT2D eigenvalue weighted by Crippen LogP contribution is 2.43. The number of halogens is 6. The standard InChI is InChI=1S/C32H29ClF5N5O7S/c1-3-19-4-5-21(28(40-19)24(39-15-44)10-16-8-17(34)11-18(35)9-16)22-6-7-23(33)27-29(22)42(14-32(36,37)38)41-30(27)43(51-2)31(49)50-20(12-25(45)46)13-26(47)48/h4-9,11,15,20,24H,3,10,12-14H2,1-2H3,(H,39,44)(H,45,46)(H,47,48). The Balaban J connectivity index is 1.96. The van der Waals surface area contributed by atoms with Gasteiger partial charge in [0.05, 0.1) is 40.5 Å². The van der Waals surface area contributed by atoms with Crippen LogP contribution in [0, 0.1) is 11.6 Å². The van der Waals surface area contributed by atoms with Crippen LogP contribution in [0.5, 0.6) is 0 Å². The Labute approximate surface area is 295 Å². The van der Waals surface area contributed by atoms with Gasteiger partial charge in [0.2, 0.25) is 6.41 Å². The van der Waals surface area contributed by atoms with Crippen LogP contribution >= 0.6 is 23.5 Å². The van der Waals surface area contributed by atoms with Crippen LogP contribution in [0.3, 0.4) is 0 Å². The van der Waals surface area contributed by atoms with E-state index in [0.29, 0.717) is 45.5 Å². The maximum Gasteiger partial charge on any atom is 0.426 e. The molecule has 2 heterocycles. The van der Waals surface area contributed by atoms with E-state index in [1.165, 1.54) is 18.4 Å². The molecule has 272 valence electrons. The van der Waals surface area contributed by atoms with Gasteiger partial charge in [-0.15, -0.1) is 0 Å². The van der Waals surface area contributed by atoms with Crippen molar-refractivity contribution in [2.75, 3.05) is 10.6 Å².